The molecular formula is C29H31ClN4O4S. The van der Waals surface area contributed by atoms with Gasteiger partial charge >= 0.3 is 0 Å². The number of allylic oxidation sites excluding steroid dienone is 1. The highest BCUT2D eigenvalue weighted by Crippen LogP contribution is 2.33. The minimum absolute atomic E-state index is 0.0199. The fourth-order valence-corrected chi connectivity index (χ4v) is 6.16. The molecule has 0 radical (unpaired) electrons. The summed E-state index contributed by atoms with van der Waals surface area (Å²) in [5, 5.41) is 0.118. The summed E-state index contributed by atoms with van der Waals surface area (Å²) in [7, 11) is -2.38. The topological polar surface area (TPSA) is 91.3 Å². The highest BCUT2D eigenvalue weighted by atomic mass is 35.5. The normalized spacial score (nSPS) is 14.2. The van der Waals surface area contributed by atoms with Gasteiger partial charge in [0.25, 0.3) is 15.9 Å². The monoisotopic (exact) mass is 566 g/mol. The molecule has 204 valence electrons. The Morgan fingerprint density at radius 1 is 1.08 bits per heavy atom. The van der Waals surface area contributed by atoms with Gasteiger partial charge in [-0.25, -0.2) is 8.42 Å². The van der Waals surface area contributed by atoms with Crippen LogP contribution in [0.3, 0.4) is 0 Å². The van der Waals surface area contributed by atoms with E-state index in [9.17, 15) is 13.2 Å². The maximum absolute atomic E-state index is 13.3. The van der Waals surface area contributed by atoms with Gasteiger partial charge in [-0.2, -0.15) is 0 Å². The van der Waals surface area contributed by atoms with Crippen LogP contribution in [-0.2, 0) is 10.0 Å². The van der Waals surface area contributed by atoms with E-state index < -0.39 is 10.0 Å². The van der Waals surface area contributed by atoms with Crippen molar-refractivity contribution in [2.45, 2.75) is 18.2 Å². The number of anilines is 2. The Labute approximate surface area is 234 Å². The van der Waals surface area contributed by atoms with Crippen LogP contribution in [0.1, 0.15) is 29.3 Å². The van der Waals surface area contributed by atoms with Crippen LogP contribution in [0, 0.1) is 0 Å². The van der Waals surface area contributed by atoms with Gasteiger partial charge in [-0.3, -0.25) is 14.5 Å². The summed E-state index contributed by atoms with van der Waals surface area (Å²) in [4.78, 5) is 21.3. The van der Waals surface area contributed by atoms with E-state index in [1.807, 2.05) is 31.2 Å². The molecule has 0 aromatic heterocycles. The minimum atomic E-state index is -4.03. The Hall–Kier alpha value is -3.82. The number of nitrogens with one attached hydrogen (secondary N) is 1. The van der Waals surface area contributed by atoms with E-state index in [1.54, 1.807) is 42.4 Å². The number of amides is 1. The van der Waals surface area contributed by atoms with Crippen molar-refractivity contribution in [1.82, 2.24) is 4.90 Å². The molecule has 8 nitrogen and oxygen atoms in total. The summed E-state index contributed by atoms with van der Waals surface area (Å²) in [6, 6.07) is 17.3. The standard InChI is InChI=1S/C29H31ClN4O4S/c1-4-9-21-10-7-13-27(28(21)31-2)39(36,37)32-24-15-14-22(20-23(24)30)29(35)34-17-8-16-33(18-19-34)25-11-5-6-12-26(25)38-3/h4-7,9-15,20,32H,2,8,16-19H2,1,3H3/b9-4-. The first kappa shape index (κ1) is 28.2. The lowest BCUT2D eigenvalue weighted by atomic mass is 10.1. The molecule has 1 fully saturated rings. The van der Waals surface area contributed by atoms with Crippen LogP contribution in [0.25, 0.3) is 6.08 Å². The van der Waals surface area contributed by atoms with E-state index in [0.29, 0.717) is 30.8 Å². The van der Waals surface area contributed by atoms with Gasteiger partial charge < -0.3 is 14.5 Å². The van der Waals surface area contributed by atoms with E-state index in [-0.39, 0.29) is 27.2 Å². The maximum Gasteiger partial charge on any atom is 0.264 e. The molecule has 1 aliphatic rings. The smallest absolute Gasteiger partial charge is 0.264 e. The van der Waals surface area contributed by atoms with E-state index in [2.05, 4.69) is 21.3 Å². The number of rotatable bonds is 8. The van der Waals surface area contributed by atoms with Gasteiger partial charge in [0.1, 0.15) is 10.6 Å². The summed E-state index contributed by atoms with van der Waals surface area (Å²) in [6.07, 6.45) is 4.34. The van der Waals surface area contributed by atoms with E-state index in [0.717, 1.165) is 24.4 Å². The lowest BCUT2D eigenvalue weighted by Crippen LogP contribution is -2.35. The van der Waals surface area contributed by atoms with Gasteiger partial charge in [0.15, 0.2) is 0 Å². The molecule has 3 aromatic rings. The van der Waals surface area contributed by atoms with Gasteiger partial charge in [0.2, 0.25) is 0 Å². The average molecular weight is 567 g/mol. The molecule has 10 heteroatoms. The molecule has 0 aliphatic carbocycles. The number of nitrogens with zero attached hydrogens (tertiary/aromatic N) is 3. The molecule has 39 heavy (non-hydrogen) atoms. The third kappa shape index (κ3) is 6.26. The molecular weight excluding hydrogens is 536 g/mol. The number of ether oxygens (including phenoxy) is 1. The van der Waals surface area contributed by atoms with Crippen molar-refractivity contribution in [3.8, 4) is 5.75 Å². The van der Waals surface area contributed by atoms with Crippen LogP contribution >= 0.6 is 11.6 Å². The highest BCUT2D eigenvalue weighted by molar-refractivity contribution is 7.92. The molecule has 1 saturated heterocycles. The first-order valence-electron chi connectivity index (χ1n) is 12.5. The van der Waals surface area contributed by atoms with Crippen molar-refractivity contribution in [1.29, 1.82) is 0 Å². The quantitative estimate of drug-likeness (QED) is 0.344. The second-order valence-electron chi connectivity index (χ2n) is 8.96. The van der Waals surface area contributed by atoms with Crippen molar-refractivity contribution in [2.24, 2.45) is 4.99 Å². The summed E-state index contributed by atoms with van der Waals surface area (Å²) in [6.45, 7) is 7.94. The zero-order chi connectivity index (χ0) is 28.0. The first-order chi connectivity index (χ1) is 18.8. The first-order valence-corrected chi connectivity index (χ1v) is 14.4. The van der Waals surface area contributed by atoms with E-state index in [4.69, 9.17) is 16.3 Å². The lowest BCUT2D eigenvalue weighted by molar-refractivity contribution is 0.0767. The number of sulfonamides is 1. The Morgan fingerprint density at radius 2 is 1.87 bits per heavy atom. The van der Waals surface area contributed by atoms with Crippen molar-refractivity contribution in [3.63, 3.8) is 0 Å². The molecule has 0 saturated carbocycles. The Bertz CT molecular complexity index is 1510. The molecule has 1 heterocycles. The van der Waals surface area contributed by atoms with Crippen LogP contribution in [-0.4, -0.2) is 59.2 Å². The van der Waals surface area contributed by atoms with Crippen LogP contribution in [0.2, 0.25) is 5.02 Å². The predicted octanol–water partition coefficient (Wildman–Crippen LogP) is 5.87. The SMILES string of the molecule is C=Nc1c(/C=C\C)cccc1S(=O)(=O)Nc1ccc(C(=O)N2CCCN(c3ccccc3OC)CC2)cc1Cl. The van der Waals surface area contributed by atoms with Crippen molar-refractivity contribution in [2.75, 3.05) is 42.9 Å². The van der Waals surface area contributed by atoms with Crippen LogP contribution in [0.4, 0.5) is 17.1 Å². The number of hydrogen-bond acceptors (Lipinski definition) is 6. The number of halogens is 1. The average Bonchev–Trinajstić information content (AvgIpc) is 3.20. The molecule has 4 rings (SSSR count). The number of aliphatic imine (C=N–C) groups is 1. The van der Waals surface area contributed by atoms with Gasteiger partial charge in [0, 0.05) is 37.3 Å². The number of hydrogen-bond donors (Lipinski definition) is 1. The van der Waals surface area contributed by atoms with Gasteiger partial charge in [-0.15, -0.1) is 0 Å². The van der Waals surface area contributed by atoms with Gasteiger partial charge in [-0.1, -0.05) is 48.0 Å². The van der Waals surface area contributed by atoms with E-state index in [1.165, 1.54) is 18.2 Å². The lowest BCUT2D eigenvalue weighted by Gasteiger charge is -2.25. The van der Waals surface area contributed by atoms with Crippen LogP contribution in [0.15, 0.2) is 76.6 Å². The third-order valence-electron chi connectivity index (χ3n) is 6.49. The maximum atomic E-state index is 13.3. The molecule has 0 atom stereocenters. The second kappa shape index (κ2) is 12.4. The van der Waals surface area contributed by atoms with Crippen molar-refractivity contribution in [3.05, 3.63) is 82.9 Å². The largest absolute Gasteiger partial charge is 0.495 e. The van der Waals surface area contributed by atoms with Gasteiger partial charge in [-0.05, 0) is 56.5 Å². The Balaban J connectivity index is 1.50. The number of para-hydroxylation sites is 3. The Kier molecular flexibility index (Phi) is 8.93. The number of methoxy groups -OCH3 is 1. The summed E-state index contributed by atoms with van der Waals surface area (Å²) >= 11 is 6.46. The zero-order valence-corrected chi connectivity index (χ0v) is 23.5. The van der Waals surface area contributed by atoms with Crippen molar-refractivity contribution >= 4 is 57.4 Å². The van der Waals surface area contributed by atoms with Crippen LogP contribution in [0.5, 0.6) is 5.75 Å². The summed E-state index contributed by atoms with van der Waals surface area (Å²) < 4.78 is 34.5. The molecule has 1 N–H and O–H groups in total. The molecule has 0 spiro atoms. The number of carbonyl (C=O) groups is 1. The Morgan fingerprint density at radius 3 is 2.59 bits per heavy atom. The zero-order valence-electron chi connectivity index (χ0n) is 21.9. The second-order valence-corrected chi connectivity index (χ2v) is 11.0. The number of benzene rings is 3. The van der Waals surface area contributed by atoms with Crippen molar-refractivity contribution < 1.29 is 17.9 Å². The predicted molar refractivity (Wildman–Crippen MR) is 158 cm³/mol. The minimum Gasteiger partial charge on any atom is -0.495 e. The molecule has 1 amide bonds. The van der Waals surface area contributed by atoms with E-state index >= 15 is 0 Å². The number of carbonyl (C=O) groups excluding carboxylic acids is 1. The molecule has 0 bridgehead atoms. The molecule has 0 unspecified atom stereocenters. The van der Waals surface area contributed by atoms with Gasteiger partial charge in [0.05, 0.1) is 29.2 Å². The third-order valence-corrected chi connectivity index (χ3v) is 8.20. The fraction of sp³-hybridized carbons (Fsp3) is 0.241. The molecule has 3 aromatic carbocycles. The molecule has 1 aliphatic heterocycles. The summed E-state index contributed by atoms with van der Waals surface area (Å²) in [5.74, 6) is 0.636. The highest BCUT2D eigenvalue weighted by Gasteiger charge is 2.24. The van der Waals surface area contributed by atoms with Crippen LogP contribution < -0.4 is 14.4 Å². The summed E-state index contributed by atoms with van der Waals surface area (Å²) in [5.41, 5.74) is 2.42. The fourth-order valence-electron chi connectivity index (χ4n) is 4.61.